The number of aliphatic hydroxyl groups is 1. The molecule has 3 heterocycles. The van der Waals surface area contributed by atoms with E-state index in [2.05, 4.69) is 41.2 Å². The molecule has 0 aliphatic carbocycles. The molecule has 0 saturated carbocycles. The molecule has 0 aliphatic heterocycles. The molecule has 3 atom stereocenters. The number of thiophene rings is 1. The van der Waals surface area contributed by atoms with Gasteiger partial charge in [0.25, 0.3) is 0 Å². The minimum absolute atomic E-state index is 0.0683. The number of nitrogens with one attached hydrogen (secondary N) is 1. The Bertz CT molecular complexity index is 1300. The van der Waals surface area contributed by atoms with Crippen molar-refractivity contribution >= 4 is 27.4 Å². The van der Waals surface area contributed by atoms with Gasteiger partial charge in [-0.15, -0.1) is 11.3 Å². The predicted molar refractivity (Wildman–Crippen MR) is 144 cm³/mol. The average Bonchev–Trinajstić information content (AvgIpc) is 3.30. The minimum Gasteiger partial charge on any atom is -0.380 e. The van der Waals surface area contributed by atoms with Gasteiger partial charge in [-0.25, -0.2) is 9.97 Å². The maximum absolute atomic E-state index is 10.4. The third-order valence-electron chi connectivity index (χ3n) is 5.86. The molecule has 4 aromatic rings. The largest absolute Gasteiger partial charge is 0.380 e. The highest BCUT2D eigenvalue weighted by Gasteiger charge is 2.16. The Balaban J connectivity index is 1.63. The number of aliphatic hydroxyl groups excluding tert-OH is 1. The maximum Gasteiger partial charge on any atom is 0.162 e. The van der Waals surface area contributed by atoms with Crippen LogP contribution in [0.5, 0.6) is 0 Å². The van der Waals surface area contributed by atoms with Gasteiger partial charge in [0.2, 0.25) is 0 Å². The van der Waals surface area contributed by atoms with Crippen LogP contribution >= 0.6 is 11.3 Å². The zero-order valence-corrected chi connectivity index (χ0v) is 20.9. The molecule has 0 amide bonds. The molecule has 4 N–H and O–H groups in total. The molecule has 0 saturated heterocycles. The van der Waals surface area contributed by atoms with E-state index in [4.69, 9.17) is 15.7 Å². The van der Waals surface area contributed by atoms with Gasteiger partial charge >= 0.3 is 0 Å². The molecular weight excluding hydrogens is 454 g/mol. The number of anilines is 1. The monoisotopic (exact) mass is 485 g/mol. The molecular formula is C28H31N5OS. The molecule has 3 aromatic heterocycles. The van der Waals surface area contributed by atoms with Crippen molar-refractivity contribution in [3.63, 3.8) is 0 Å². The van der Waals surface area contributed by atoms with Gasteiger partial charge in [0.1, 0.15) is 17.4 Å². The van der Waals surface area contributed by atoms with Crippen LogP contribution in [0.25, 0.3) is 21.6 Å². The molecule has 7 heteroatoms. The van der Waals surface area contributed by atoms with Gasteiger partial charge in [-0.05, 0) is 36.5 Å². The molecule has 0 spiro atoms. The Kier molecular flexibility index (Phi) is 8.43. The summed E-state index contributed by atoms with van der Waals surface area (Å²) in [5.74, 6) is 7.65. The summed E-state index contributed by atoms with van der Waals surface area (Å²) in [5, 5.41) is 15.9. The number of hydrogen-bond donors (Lipinski definition) is 3. The number of rotatable bonds is 9. The number of nitrogens with two attached hydrogens (primary N) is 1. The summed E-state index contributed by atoms with van der Waals surface area (Å²) in [6.07, 6.45) is 5.52. The zero-order valence-electron chi connectivity index (χ0n) is 20.1. The fraction of sp³-hybridized carbons (Fsp3) is 0.321. The van der Waals surface area contributed by atoms with Gasteiger partial charge < -0.3 is 16.2 Å². The first-order valence-electron chi connectivity index (χ1n) is 12.0. The van der Waals surface area contributed by atoms with Crippen molar-refractivity contribution in [3.8, 4) is 23.2 Å². The van der Waals surface area contributed by atoms with Crippen molar-refractivity contribution in [1.29, 1.82) is 0 Å². The summed E-state index contributed by atoms with van der Waals surface area (Å²) >= 11 is 1.55. The quantitative estimate of drug-likeness (QED) is 0.292. The summed E-state index contributed by atoms with van der Waals surface area (Å²) in [4.78, 5) is 13.8. The third kappa shape index (κ3) is 6.43. The maximum atomic E-state index is 10.4. The van der Waals surface area contributed by atoms with Crippen molar-refractivity contribution in [1.82, 2.24) is 15.0 Å². The SMILES string of the molecule is CCCC(C)C(O)C#Cc1csc2c(NC[C@@H](N)Cc3ccccc3)nc(-c3ccncc3)nc12. The molecule has 0 aliphatic rings. The minimum atomic E-state index is -0.667. The Hall–Kier alpha value is -3.31. The van der Waals surface area contributed by atoms with Crippen molar-refractivity contribution in [3.05, 3.63) is 71.4 Å². The van der Waals surface area contributed by atoms with Gasteiger partial charge in [0.05, 0.1) is 10.3 Å². The van der Waals surface area contributed by atoms with E-state index in [1.807, 2.05) is 42.6 Å². The molecule has 35 heavy (non-hydrogen) atoms. The van der Waals surface area contributed by atoms with Crippen LogP contribution in [0.1, 0.15) is 37.8 Å². The number of pyridine rings is 1. The normalized spacial score (nSPS) is 13.6. The molecule has 6 nitrogen and oxygen atoms in total. The van der Waals surface area contributed by atoms with Crippen LogP contribution < -0.4 is 11.1 Å². The highest BCUT2D eigenvalue weighted by molar-refractivity contribution is 7.18. The number of fused-ring (bicyclic) bond motifs is 1. The lowest BCUT2D eigenvalue weighted by molar-refractivity contribution is 0.165. The van der Waals surface area contributed by atoms with Gasteiger partial charge in [0.15, 0.2) is 5.82 Å². The van der Waals surface area contributed by atoms with Crippen LogP contribution in [0, 0.1) is 17.8 Å². The van der Waals surface area contributed by atoms with E-state index in [0.717, 1.165) is 46.4 Å². The van der Waals surface area contributed by atoms with E-state index in [1.165, 1.54) is 5.56 Å². The van der Waals surface area contributed by atoms with Crippen LogP contribution in [0.2, 0.25) is 0 Å². The second-order valence-corrected chi connectivity index (χ2v) is 9.65. The molecule has 0 bridgehead atoms. The highest BCUT2D eigenvalue weighted by atomic mass is 32.1. The lowest BCUT2D eigenvalue weighted by Crippen LogP contribution is -2.31. The van der Waals surface area contributed by atoms with Crippen LogP contribution in [0.15, 0.2) is 60.2 Å². The molecule has 0 radical (unpaired) electrons. The summed E-state index contributed by atoms with van der Waals surface area (Å²) in [6.45, 7) is 4.71. The first kappa shape index (κ1) is 24.8. The third-order valence-corrected chi connectivity index (χ3v) is 6.84. The van der Waals surface area contributed by atoms with E-state index in [-0.39, 0.29) is 12.0 Å². The zero-order chi connectivity index (χ0) is 24.6. The van der Waals surface area contributed by atoms with E-state index < -0.39 is 6.10 Å². The number of aromatic nitrogens is 3. The predicted octanol–water partition coefficient (Wildman–Crippen LogP) is 4.88. The van der Waals surface area contributed by atoms with E-state index in [9.17, 15) is 5.11 Å². The first-order valence-corrected chi connectivity index (χ1v) is 12.9. The topological polar surface area (TPSA) is 97.0 Å². The van der Waals surface area contributed by atoms with Crippen molar-refractivity contribution in [2.24, 2.45) is 11.7 Å². The van der Waals surface area contributed by atoms with Crippen molar-refractivity contribution in [2.45, 2.75) is 45.3 Å². The van der Waals surface area contributed by atoms with Crippen LogP contribution in [0.4, 0.5) is 5.82 Å². The highest BCUT2D eigenvalue weighted by Crippen LogP contribution is 2.32. The smallest absolute Gasteiger partial charge is 0.162 e. The molecule has 4 rings (SSSR count). The van der Waals surface area contributed by atoms with Gasteiger partial charge in [-0.3, -0.25) is 4.98 Å². The molecule has 1 aromatic carbocycles. The Morgan fingerprint density at radius 3 is 2.63 bits per heavy atom. The van der Waals surface area contributed by atoms with E-state index in [1.54, 1.807) is 23.7 Å². The average molecular weight is 486 g/mol. The summed E-state index contributed by atoms with van der Waals surface area (Å²) in [5.41, 5.74) is 10.1. The summed E-state index contributed by atoms with van der Waals surface area (Å²) in [7, 11) is 0. The first-order chi connectivity index (χ1) is 17.0. The molecule has 0 fully saturated rings. The fourth-order valence-corrected chi connectivity index (χ4v) is 4.78. The van der Waals surface area contributed by atoms with Crippen molar-refractivity contribution < 1.29 is 5.11 Å². The Morgan fingerprint density at radius 2 is 1.89 bits per heavy atom. The van der Waals surface area contributed by atoms with Gasteiger partial charge in [-0.1, -0.05) is 62.4 Å². The molecule has 180 valence electrons. The lowest BCUT2D eigenvalue weighted by Gasteiger charge is -2.14. The van der Waals surface area contributed by atoms with E-state index in [0.29, 0.717) is 12.4 Å². The van der Waals surface area contributed by atoms with Gasteiger partial charge in [0, 0.05) is 35.9 Å². The summed E-state index contributed by atoms with van der Waals surface area (Å²) < 4.78 is 0.926. The van der Waals surface area contributed by atoms with E-state index >= 15 is 0 Å². The standard InChI is InChI=1S/C28H31N5OS/c1-3-7-19(2)24(34)11-10-22-18-35-26-25(22)32-27(21-12-14-30-15-13-21)33-28(26)31-17-23(29)16-20-8-5-4-6-9-20/h4-6,8-9,12-15,18-19,23-24,34H,3,7,16-17,29H2,1-2H3,(H,31,32,33)/t19?,23-,24?/m0/s1. The Labute approximate surface area is 210 Å². The molecule has 2 unspecified atom stereocenters. The Morgan fingerprint density at radius 1 is 1.11 bits per heavy atom. The van der Waals surface area contributed by atoms with Crippen LogP contribution in [0.3, 0.4) is 0 Å². The number of benzene rings is 1. The summed E-state index contributed by atoms with van der Waals surface area (Å²) in [6, 6.07) is 13.9. The van der Waals surface area contributed by atoms with Crippen molar-refractivity contribution in [2.75, 3.05) is 11.9 Å². The van der Waals surface area contributed by atoms with Crippen LogP contribution in [-0.4, -0.2) is 38.7 Å². The number of nitrogens with zero attached hydrogens (tertiary/aromatic N) is 3. The number of hydrogen-bond acceptors (Lipinski definition) is 7. The van der Waals surface area contributed by atoms with Gasteiger partial charge in [-0.2, -0.15) is 0 Å². The second kappa shape index (κ2) is 11.9. The fourth-order valence-electron chi connectivity index (χ4n) is 3.88. The lowest BCUT2D eigenvalue weighted by atomic mass is 10.00. The van der Waals surface area contributed by atoms with Crippen LogP contribution in [-0.2, 0) is 6.42 Å². The second-order valence-electron chi connectivity index (χ2n) is 8.77.